The monoisotopic (exact) mass is 521 g/mol. The van der Waals surface area contributed by atoms with Gasteiger partial charge < -0.3 is 10.2 Å². The average Bonchev–Trinajstić information content (AvgIpc) is 2.93. The van der Waals surface area contributed by atoms with Crippen molar-refractivity contribution in [2.24, 2.45) is 0 Å². The molecule has 3 aromatic carbocycles. The molecule has 0 saturated heterocycles. The second-order valence-electron chi connectivity index (χ2n) is 8.82. The molecular formula is C29H35N3O4S. The zero-order valence-corrected chi connectivity index (χ0v) is 22.4. The second kappa shape index (κ2) is 13.1. The van der Waals surface area contributed by atoms with Crippen molar-refractivity contribution in [2.75, 3.05) is 17.4 Å². The SMILES string of the molecule is CCCNC(=O)[C@@H](C)N(Cc1ccccc1)C(=O)CN(c1ccc(CC)cc1)S(=O)(=O)c1ccccc1. The molecule has 7 nitrogen and oxygen atoms in total. The fourth-order valence-electron chi connectivity index (χ4n) is 3.90. The molecule has 8 heteroatoms. The van der Waals surface area contributed by atoms with Crippen molar-refractivity contribution in [3.63, 3.8) is 0 Å². The van der Waals surface area contributed by atoms with Crippen molar-refractivity contribution in [3.8, 4) is 0 Å². The first-order chi connectivity index (χ1) is 17.8. The number of nitrogens with zero attached hydrogens (tertiary/aromatic N) is 2. The number of carbonyl (C=O) groups is 2. The van der Waals surface area contributed by atoms with E-state index in [4.69, 9.17) is 0 Å². The molecule has 2 amide bonds. The van der Waals surface area contributed by atoms with Crippen molar-refractivity contribution in [3.05, 3.63) is 96.1 Å². The van der Waals surface area contributed by atoms with Gasteiger partial charge in [-0.05, 0) is 55.2 Å². The van der Waals surface area contributed by atoms with Gasteiger partial charge in [0.1, 0.15) is 12.6 Å². The van der Waals surface area contributed by atoms with Crippen LogP contribution in [0, 0.1) is 0 Å². The van der Waals surface area contributed by atoms with Gasteiger partial charge in [0.25, 0.3) is 10.0 Å². The van der Waals surface area contributed by atoms with Gasteiger partial charge in [-0.25, -0.2) is 8.42 Å². The minimum Gasteiger partial charge on any atom is -0.354 e. The predicted molar refractivity (Wildman–Crippen MR) is 147 cm³/mol. The third-order valence-electron chi connectivity index (χ3n) is 6.15. The zero-order valence-electron chi connectivity index (χ0n) is 21.6. The van der Waals surface area contributed by atoms with Crippen LogP contribution in [0.15, 0.2) is 89.8 Å². The number of hydrogen-bond donors (Lipinski definition) is 1. The van der Waals surface area contributed by atoms with Crippen LogP contribution < -0.4 is 9.62 Å². The lowest BCUT2D eigenvalue weighted by atomic mass is 10.1. The Balaban J connectivity index is 1.99. The third-order valence-corrected chi connectivity index (χ3v) is 7.94. The van der Waals surface area contributed by atoms with Crippen LogP contribution in [0.1, 0.15) is 38.3 Å². The van der Waals surface area contributed by atoms with Crippen molar-refractivity contribution in [2.45, 2.75) is 51.1 Å². The van der Waals surface area contributed by atoms with Crippen LogP contribution in [0.3, 0.4) is 0 Å². The average molecular weight is 522 g/mol. The van der Waals surface area contributed by atoms with E-state index >= 15 is 0 Å². The first-order valence-electron chi connectivity index (χ1n) is 12.6. The van der Waals surface area contributed by atoms with Gasteiger partial charge >= 0.3 is 0 Å². The zero-order chi connectivity index (χ0) is 26.8. The molecule has 37 heavy (non-hydrogen) atoms. The number of benzene rings is 3. The molecule has 0 heterocycles. The Bertz CT molecular complexity index is 1260. The van der Waals surface area contributed by atoms with E-state index in [0.717, 1.165) is 28.3 Å². The molecule has 1 atom stereocenters. The minimum atomic E-state index is -4.05. The first-order valence-corrected chi connectivity index (χ1v) is 14.0. The van der Waals surface area contributed by atoms with Crippen LogP contribution >= 0.6 is 0 Å². The maximum absolute atomic E-state index is 13.8. The lowest BCUT2D eigenvalue weighted by Gasteiger charge is -2.32. The fraction of sp³-hybridized carbons (Fsp3) is 0.310. The number of nitrogens with one attached hydrogen (secondary N) is 1. The summed E-state index contributed by atoms with van der Waals surface area (Å²) in [6.07, 6.45) is 1.57. The summed E-state index contributed by atoms with van der Waals surface area (Å²) >= 11 is 0. The summed E-state index contributed by atoms with van der Waals surface area (Å²) in [5.74, 6) is -0.752. The molecule has 0 aromatic heterocycles. The molecular weight excluding hydrogens is 486 g/mol. The summed E-state index contributed by atoms with van der Waals surface area (Å²) in [5, 5.41) is 2.84. The predicted octanol–water partition coefficient (Wildman–Crippen LogP) is 4.39. The number of sulfonamides is 1. The molecule has 3 rings (SSSR count). The summed E-state index contributed by atoms with van der Waals surface area (Å²) in [6.45, 7) is 5.86. The Morgan fingerprint density at radius 1 is 0.838 bits per heavy atom. The molecule has 1 N–H and O–H groups in total. The van der Waals surface area contributed by atoms with E-state index in [-0.39, 0.29) is 17.3 Å². The third kappa shape index (κ3) is 7.20. The Kier molecular flexibility index (Phi) is 9.85. The smallest absolute Gasteiger partial charge is 0.264 e. The number of rotatable bonds is 12. The number of anilines is 1. The molecule has 0 fully saturated rings. The minimum absolute atomic E-state index is 0.0886. The fourth-order valence-corrected chi connectivity index (χ4v) is 5.34. The maximum atomic E-state index is 13.8. The molecule has 0 spiro atoms. The van der Waals surface area contributed by atoms with Gasteiger partial charge in [-0.2, -0.15) is 0 Å². The summed E-state index contributed by atoms with van der Waals surface area (Å²) in [5.41, 5.74) is 2.28. The van der Waals surface area contributed by atoms with Gasteiger partial charge in [0.15, 0.2) is 0 Å². The topological polar surface area (TPSA) is 86.8 Å². The highest BCUT2D eigenvalue weighted by Gasteiger charge is 2.32. The molecule has 196 valence electrons. The van der Waals surface area contributed by atoms with Crippen molar-refractivity contribution >= 4 is 27.5 Å². The molecule has 3 aromatic rings. The normalized spacial score (nSPS) is 12.0. The summed E-state index contributed by atoms with van der Waals surface area (Å²) in [6, 6.07) is 23.8. The molecule has 0 saturated carbocycles. The van der Waals surface area contributed by atoms with Gasteiger partial charge in [-0.1, -0.05) is 74.5 Å². The molecule has 0 aliphatic carbocycles. The quantitative estimate of drug-likeness (QED) is 0.383. The molecule has 0 unspecified atom stereocenters. The highest BCUT2D eigenvalue weighted by atomic mass is 32.2. The summed E-state index contributed by atoms with van der Waals surface area (Å²) in [7, 11) is -4.05. The summed E-state index contributed by atoms with van der Waals surface area (Å²) < 4.78 is 28.6. The Hall–Kier alpha value is -3.65. The number of amides is 2. The molecule has 0 aliphatic rings. The lowest BCUT2D eigenvalue weighted by molar-refractivity contribution is -0.139. The van der Waals surface area contributed by atoms with Crippen LogP contribution in [0.25, 0.3) is 0 Å². The molecule has 0 aliphatic heterocycles. The van der Waals surface area contributed by atoms with Gasteiger partial charge in [0.2, 0.25) is 11.8 Å². The van der Waals surface area contributed by atoms with E-state index in [1.807, 2.05) is 56.3 Å². The Morgan fingerprint density at radius 3 is 2.00 bits per heavy atom. The van der Waals surface area contributed by atoms with Crippen molar-refractivity contribution < 1.29 is 18.0 Å². The molecule has 0 bridgehead atoms. The van der Waals surface area contributed by atoms with Crippen LogP contribution in [-0.4, -0.2) is 44.3 Å². The maximum Gasteiger partial charge on any atom is 0.264 e. The van der Waals surface area contributed by atoms with E-state index in [9.17, 15) is 18.0 Å². The van der Waals surface area contributed by atoms with Gasteiger partial charge in [-0.3, -0.25) is 13.9 Å². The number of hydrogen-bond acceptors (Lipinski definition) is 4. The van der Waals surface area contributed by atoms with Crippen LogP contribution in [0.2, 0.25) is 0 Å². The van der Waals surface area contributed by atoms with E-state index in [0.29, 0.717) is 12.2 Å². The van der Waals surface area contributed by atoms with Crippen molar-refractivity contribution in [1.29, 1.82) is 0 Å². The van der Waals surface area contributed by atoms with E-state index in [2.05, 4.69) is 5.32 Å². The standard InChI is InChI=1S/C29H35N3O4S/c1-4-20-30-29(34)23(3)31(21-25-12-8-6-9-13-25)28(33)22-32(26-18-16-24(5-2)17-19-26)37(35,36)27-14-10-7-11-15-27/h6-19,23H,4-5,20-22H2,1-3H3,(H,30,34)/t23-/m1/s1. The van der Waals surface area contributed by atoms with Crippen molar-refractivity contribution in [1.82, 2.24) is 10.2 Å². The van der Waals surface area contributed by atoms with Crippen LogP contribution in [0.5, 0.6) is 0 Å². The van der Waals surface area contributed by atoms with E-state index < -0.39 is 28.5 Å². The Morgan fingerprint density at radius 2 is 1.43 bits per heavy atom. The van der Waals surface area contributed by atoms with Crippen LogP contribution in [-0.2, 0) is 32.6 Å². The highest BCUT2D eigenvalue weighted by molar-refractivity contribution is 7.92. The van der Waals surface area contributed by atoms with Gasteiger partial charge in [-0.15, -0.1) is 0 Å². The lowest BCUT2D eigenvalue weighted by Crippen LogP contribution is -2.51. The van der Waals surface area contributed by atoms with E-state index in [1.54, 1.807) is 37.3 Å². The Labute approximate surface area is 220 Å². The largest absolute Gasteiger partial charge is 0.354 e. The number of carbonyl (C=O) groups excluding carboxylic acids is 2. The first kappa shape index (κ1) is 27.9. The molecule has 0 radical (unpaired) electrons. The second-order valence-corrected chi connectivity index (χ2v) is 10.7. The number of aryl methyl sites for hydroxylation is 1. The van der Waals surface area contributed by atoms with Gasteiger partial charge in [0.05, 0.1) is 10.6 Å². The van der Waals surface area contributed by atoms with Gasteiger partial charge in [0, 0.05) is 13.1 Å². The van der Waals surface area contributed by atoms with Crippen LogP contribution in [0.4, 0.5) is 5.69 Å². The highest BCUT2D eigenvalue weighted by Crippen LogP contribution is 2.25. The summed E-state index contributed by atoms with van der Waals surface area (Å²) in [4.78, 5) is 28.2. The van der Waals surface area contributed by atoms with E-state index in [1.165, 1.54) is 17.0 Å².